The normalized spacial score (nSPS) is 19.9. The molecule has 32 heavy (non-hydrogen) atoms. The Morgan fingerprint density at radius 1 is 1.31 bits per heavy atom. The van der Waals surface area contributed by atoms with Crippen LogP contribution in [0.4, 0.5) is 5.82 Å². The quantitative estimate of drug-likeness (QED) is 0.496. The molecule has 0 radical (unpaired) electrons. The van der Waals surface area contributed by atoms with Crippen LogP contribution in [0, 0.1) is 12.8 Å². The number of nitrogens with one attached hydrogen (secondary N) is 1. The van der Waals surface area contributed by atoms with E-state index in [-0.39, 0.29) is 11.6 Å². The lowest BCUT2D eigenvalue weighted by Crippen LogP contribution is -2.26. The molecule has 2 atom stereocenters. The highest BCUT2D eigenvalue weighted by Crippen LogP contribution is 2.55. The van der Waals surface area contributed by atoms with Gasteiger partial charge in [-0.3, -0.25) is 9.51 Å². The number of benzene rings is 1. The molecule has 0 unspecified atom stereocenters. The molecule has 3 heterocycles. The Bertz CT molecular complexity index is 1430. The number of rotatable bonds is 5. The van der Waals surface area contributed by atoms with Gasteiger partial charge in [0.15, 0.2) is 5.82 Å². The van der Waals surface area contributed by atoms with Gasteiger partial charge in [-0.15, -0.1) is 0 Å². The number of anilines is 1. The zero-order chi connectivity index (χ0) is 22.8. The van der Waals surface area contributed by atoms with Gasteiger partial charge in [0.1, 0.15) is 17.1 Å². The van der Waals surface area contributed by atoms with E-state index in [1.807, 2.05) is 57.1 Å². The van der Waals surface area contributed by atoms with Crippen molar-refractivity contribution >= 4 is 22.7 Å². The van der Waals surface area contributed by atoms with Crippen LogP contribution in [0.1, 0.15) is 35.2 Å². The summed E-state index contributed by atoms with van der Waals surface area (Å²) in [5.41, 5.74) is 3.20. The van der Waals surface area contributed by atoms with Gasteiger partial charge < -0.3 is 14.6 Å². The monoisotopic (exact) mass is 433 g/mol. The molecule has 5 rings (SSSR count). The van der Waals surface area contributed by atoms with E-state index in [1.165, 1.54) is 0 Å². The van der Waals surface area contributed by atoms with Crippen LogP contribution in [0.15, 0.2) is 45.8 Å². The molecule has 0 aliphatic heterocycles. The molecule has 2 N–H and O–H groups in total. The minimum absolute atomic E-state index is 0.0849. The molecular weight excluding hydrogens is 410 g/mol. The summed E-state index contributed by atoms with van der Waals surface area (Å²) in [5.74, 6) is -0.380. The van der Waals surface area contributed by atoms with Gasteiger partial charge >= 0.3 is 11.7 Å². The van der Waals surface area contributed by atoms with Crippen LogP contribution in [-0.2, 0) is 5.54 Å². The van der Waals surface area contributed by atoms with Crippen molar-refractivity contribution in [2.24, 2.45) is 5.92 Å². The van der Waals surface area contributed by atoms with Crippen molar-refractivity contribution in [1.29, 1.82) is 0 Å². The molecule has 9 nitrogen and oxygen atoms in total. The fourth-order valence-electron chi connectivity index (χ4n) is 4.83. The first kappa shape index (κ1) is 20.0. The van der Waals surface area contributed by atoms with Gasteiger partial charge in [0, 0.05) is 31.2 Å². The lowest BCUT2D eigenvalue weighted by Gasteiger charge is -2.20. The molecule has 1 aliphatic rings. The highest BCUT2D eigenvalue weighted by Gasteiger charge is 2.59. The maximum atomic E-state index is 12.2. The largest absolute Gasteiger partial charge is 0.477 e. The van der Waals surface area contributed by atoms with Gasteiger partial charge in [-0.25, -0.2) is 14.6 Å². The molecule has 0 amide bonds. The van der Waals surface area contributed by atoms with E-state index in [0.717, 1.165) is 33.4 Å². The summed E-state index contributed by atoms with van der Waals surface area (Å²) in [7, 11) is 3.90. The fourth-order valence-corrected chi connectivity index (χ4v) is 4.83. The SMILES string of the molecule is Cc1c(-c2ccc3c(c2)cc(C(=O)O)n3[C@@]2(c3noc(=O)[nH]3)C[C@@H]2C)ccnc1N(C)C. The smallest absolute Gasteiger partial charge is 0.438 e. The second-order valence-electron chi connectivity index (χ2n) is 8.62. The first-order valence-corrected chi connectivity index (χ1v) is 10.3. The predicted molar refractivity (Wildman–Crippen MR) is 119 cm³/mol. The first-order valence-electron chi connectivity index (χ1n) is 10.3. The molecule has 164 valence electrons. The van der Waals surface area contributed by atoms with Crippen LogP contribution in [-0.4, -0.2) is 44.9 Å². The van der Waals surface area contributed by atoms with Crippen LogP contribution in [0.3, 0.4) is 0 Å². The molecule has 1 saturated carbocycles. The van der Waals surface area contributed by atoms with Gasteiger partial charge in [-0.1, -0.05) is 18.1 Å². The number of hydrogen-bond donors (Lipinski definition) is 2. The lowest BCUT2D eigenvalue weighted by molar-refractivity contribution is 0.0682. The van der Waals surface area contributed by atoms with Crippen molar-refractivity contribution in [2.75, 3.05) is 19.0 Å². The lowest BCUT2D eigenvalue weighted by atomic mass is 10.00. The van der Waals surface area contributed by atoms with Crippen LogP contribution >= 0.6 is 0 Å². The van der Waals surface area contributed by atoms with Gasteiger partial charge in [0.05, 0.1) is 0 Å². The van der Waals surface area contributed by atoms with Gasteiger partial charge in [-0.2, -0.15) is 0 Å². The fraction of sp³-hybridized carbons (Fsp3) is 0.304. The summed E-state index contributed by atoms with van der Waals surface area (Å²) >= 11 is 0. The third-order valence-corrected chi connectivity index (χ3v) is 6.45. The molecule has 0 saturated heterocycles. The second kappa shape index (κ2) is 6.81. The second-order valence-corrected chi connectivity index (χ2v) is 8.62. The maximum absolute atomic E-state index is 12.2. The van der Waals surface area contributed by atoms with Gasteiger partial charge in [0.2, 0.25) is 0 Å². The number of carbonyl (C=O) groups is 1. The summed E-state index contributed by atoms with van der Waals surface area (Å²) in [5, 5.41) is 14.7. The molecule has 1 aromatic carbocycles. The van der Waals surface area contributed by atoms with Crippen molar-refractivity contribution in [3.05, 3.63) is 64.2 Å². The standard InChI is InChI=1S/C23H23N5O4/c1-12-11-23(12,21-25-22(31)32-26-21)28-17-6-5-14(9-15(17)10-18(28)20(29)30)16-7-8-24-19(13(16)2)27(3)4/h5-10,12H,11H2,1-4H3,(H,29,30)(H,25,26,31)/t12-,23-/m0/s1. The number of aromatic amines is 1. The van der Waals surface area contributed by atoms with E-state index < -0.39 is 17.3 Å². The Labute approximate surface area is 183 Å². The van der Waals surface area contributed by atoms with Crippen molar-refractivity contribution in [2.45, 2.75) is 25.8 Å². The summed E-state index contributed by atoms with van der Waals surface area (Å²) in [4.78, 5) is 32.8. The summed E-state index contributed by atoms with van der Waals surface area (Å²) in [6.07, 6.45) is 2.43. The van der Waals surface area contributed by atoms with E-state index in [4.69, 9.17) is 4.52 Å². The third kappa shape index (κ3) is 2.77. The minimum atomic E-state index is -1.04. The molecule has 0 bridgehead atoms. The number of pyridine rings is 1. The van der Waals surface area contributed by atoms with Crippen molar-refractivity contribution in [1.82, 2.24) is 19.7 Å². The Morgan fingerprint density at radius 3 is 2.66 bits per heavy atom. The maximum Gasteiger partial charge on any atom is 0.438 e. The molecule has 4 aromatic rings. The molecule has 0 spiro atoms. The zero-order valence-electron chi connectivity index (χ0n) is 18.2. The minimum Gasteiger partial charge on any atom is -0.477 e. The highest BCUT2D eigenvalue weighted by molar-refractivity contribution is 5.97. The van der Waals surface area contributed by atoms with Crippen LogP contribution < -0.4 is 10.7 Å². The molecule has 1 fully saturated rings. The summed E-state index contributed by atoms with van der Waals surface area (Å²) < 4.78 is 6.51. The number of carboxylic acids is 1. The van der Waals surface area contributed by atoms with Crippen LogP contribution in [0.5, 0.6) is 0 Å². The van der Waals surface area contributed by atoms with E-state index in [9.17, 15) is 14.7 Å². The molecule has 9 heteroatoms. The number of H-pyrrole nitrogens is 1. The Balaban J connectivity index is 1.72. The van der Waals surface area contributed by atoms with E-state index in [1.54, 1.807) is 16.8 Å². The van der Waals surface area contributed by atoms with Gasteiger partial charge in [0.25, 0.3) is 0 Å². The number of carboxylic acid groups (broad SMARTS) is 1. The first-order chi connectivity index (χ1) is 15.2. The molecule has 3 aromatic heterocycles. The average molecular weight is 433 g/mol. The number of fused-ring (bicyclic) bond motifs is 1. The number of nitrogens with zero attached hydrogens (tertiary/aromatic N) is 4. The van der Waals surface area contributed by atoms with E-state index >= 15 is 0 Å². The summed E-state index contributed by atoms with van der Waals surface area (Å²) in [6, 6.07) is 9.54. The van der Waals surface area contributed by atoms with Gasteiger partial charge in [-0.05, 0) is 60.2 Å². The Hall–Kier alpha value is -3.88. The van der Waals surface area contributed by atoms with E-state index in [0.29, 0.717) is 12.2 Å². The summed E-state index contributed by atoms with van der Waals surface area (Å²) in [6.45, 7) is 4.03. The highest BCUT2D eigenvalue weighted by atomic mass is 16.5. The zero-order valence-corrected chi connectivity index (χ0v) is 18.2. The predicted octanol–water partition coefficient (Wildman–Crippen LogP) is 3.24. The molecular formula is C23H23N5O4. The van der Waals surface area contributed by atoms with Crippen molar-refractivity contribution in [3.8, 4) is 11.1 Å². The molecule has 1 aliphatic carbocycles. The Morgan fingerprint density at radius 2 is 2.06 bits per heavy atom. The number of aromatic carboxylic acids is 1. The Kier molecular flexibility index (Phi) is 4.27. The average Bonchev–Trinajstić information content (AvgIpc) is 3.08. The number of hydrogen-bond acceptors (Lipinski definition) is 6. The van der Waals surface area contributed by atoms with E-state index in [2.05, 4.69) is 15.1 Å². The third-order valence-electron chi connectivity index (χ3n) is 6.45. The topological polar surface area (TPSA) is 117 Å². The van der Waals surface area contributed by atoms with Crippen molar-refractivity contribution < 1.29 is 14.4 Å². The van der Waals surface area contributed by atoms with Crippen LogP contribution in [0.25, 0.3) is 22.0 Å². The van der Waals surface area contributed by atoms with Crippen molar-refractivity contribution in [3.63, 3.8) is 0 Å². The van der Waals surface area contributed by atoms with Crippen LogP contribution in [0.2, 0.25) is 0 Å². The number of aromatic nitrogens is 4.